The van der Waals surface area contributed by atoms with E-state index in [0.717, 1.165) is 24.5 Å². The van der Waals surface area contributed by atoms with E-state index in [1.54, 1.807) is 0 Å². The van der Waals surface area contributed by atoms with Gasteiger partial charge >= 0.3 is 0 Å². The summed E-state index contributed by atoms with van der Waals surface area (Å²) in [7, 11) is 0. The van der Waals surface area contributed by atoms with E-state index < -0.39 is 0 Å². The molecule has 0 aromatic carbocycles. The molecule has 1 heterocycles. The van der Waals surface area contributed by atoms with E-state index in [1.165, 1.54) is 5.56 Å². The van der Waals surface area contributed by atoms with Crippen LogP contribution in [-0.4, -0.2) is 11.5 Å². The molecule has 1 N–H and O–H groups in total. The molecule has 78 valence electrons. The molecule has 1 aromatic rings. The first-order valence-electron chi connectivity index (χ1n) is 5.23. The Bertz CT molecular complexity index is 292. The van der Waals surface area contributed by atoms with E-state index >= 15 is 0 Å². The molecule has 0 fully saturated rings. The molecule has 0 atom stereocenters. The Labute approximate surface area is 86.8 Å². The van der Waals surface area contributed by atoms with Gasteiger partial charge in [-0.2, -0.15) is 0 Å². The van der Waals surface area contributed by atoms with Crippen molar-refractivity contribution >= 4 is 0 Å². The van der Waals surface area contributed by atoms with E-state index in [-0.39, 0.29) is 0 Å². The van der Waals surface area contributed by atoms with Crippen LogP contribution in [0.4, 0.5) is 0 Å². The molecule has 1 rings (SSSR count). The average molecular weight is 192 g/mol. The van der Waals surface area contributed by atoms with Crippen molar-refractivity contribution in [3.63, 3.8) is 0 Å². The predicted octanol–water partition coefficient (Wildman–Crippen LogP) is 2.44. The van der Waals surface area contributed by atoms with Gasteiger partial charge in [-0.15, -0.1) is 0 Å². The molecular formula is C12H20N2. The maximum Gasteiger partial charge on any atom is 0.0420 e. The molecule has 0 saturated carbocycles. The van der Waals surface area contributed by atoms with Gasteiger partial charge in [0.25, 0.3) is 0 Å². The summed E-state index contributed by atoms with van der Waals surface area (Å²) in [4.78, 5) is 4.43. The Kier molecular flexibility index (Phi) is 4.08. The molecule has 0 saturated heterocycles. The molecule has 0 aliphatic rings. The molecule has 1 aromatic heterocycles. The molecule has 0 aliphatic heterocycles. The third kappa shape index (κ3) is 3.46. The van der Waals surface area contributed by atoms with Crippen molar-refractivity contribution in [1.82, 2.24) is 10.3 Å². The minimum absolute atomic E-state index is 0.703. The summed E-state index contributed by atoms with van der Waals surface area (Å²) in [6.45, 7) is 10.5. The molecule has 0 radical (unpaired) electrons. The number of aromatic nitrogens is 1. The quantitative estimate of drug-likeness (QED) is 0.792. The molecule has 0 amide bonds. The number of nitrogens with one attached hydrogen (secondary N) is 1. The van der Waals surface area contributed by atoms with Crippen LogP contribution in [0.2, 0.25) is 0 Å². The zero-order valence-electron chi connectivity index (χ0n) is 9.59. The van der Waals surface area contributed by atoms with Gasteiger partial charge in [-0.1, -0.05) is 19.9 Å². The van der Waals surface area contributed by atoms with Crippen LogP contribution in [0.1, 0.15) is 30.8 Å². The van der Waals surface area contributed by atoms with Gasteiger partial charge in [0.05, 0.1) is 0 Å². The number of pyridine rings is 1. The first kappa shape index (κ1) is 11.2. The lowest BCUT2D eigenvalue weighted by Gasteiger charge is -2.09. The molecule has 2 nitrogen and oxygen atoms in total. The minimum atomic E-state index is 0.703. The largest absolute Gasteiger partial charge is 0.312 e. The van der Waals surface area contributed by atoms with Crippen molar-refractivity contribution in [3.8, 4) is 0 Å². The number of rotatable bonds is 4. The highest BCUT2D eigenvalue weighted by molar-refractivity contribution is 5.21. The van der Waals surface area contributed by atoms with Gasteiger partial charge in [-0.3, -0.25) is 4.98 Å². The topological polar surface area (TPSA) is 24.9 Å². The molecule has 0 spiro atoms. The lowest BCUT2D eigenvalue weighted by atomic mass is 10.1. The second kappa shape index (κ2) is 5.11. The smallest absolute Gasteiger partial charge is 0.0420 e. The maximum atomic E-state index is 4.43. The van der Waals surface area contributed by atoms with Crippen molar-refractivity contribution in [1.29, 1.82) is 0 Å². The average Bonchev–Trinajstić information content (AvgIpc) is 2.08. The number of hydrogen-bond acceptors (Lipinski definition) is 2. The summed E-state index contributed by atoms with van der Waals surface area (Å²) in [6.07, 6.45) is 0. The molecule has 0 unspecified atom stereocenters. The van der Waals surface area contributed by atoms with Crippen molar-refractivity contribution in [3.05, 3.63) is 29.1 Å². The third-order valence-electron chi connectivity index (χ3n) is 2.20. The standard InChI is InChI=1S/C12H20N2/c1-9(2)7-13-8-12-6-5-10(3)14-11(12)4/h5-6,9,13H,7-8H2,1-4H3. The molecule has 2 heteroatoms. The fourth-order valence-corrected chi connectivity index (χ4v) is 1.40. The summed E-state index contributed by atoms with van der Waals surface area (Å²) < 4.78 is 0. The highest BCUT2D eigenvalue weighted by Crippen LogP contribution is 2.05. The molecule has 0 bridgehead atoms. The van der Waals surface area contributed by atoms with Crippen LogP contribution in [0.15, 0.2) is 12.1 Å². The number of aryl methyl sites for hydroxylation is 2. The fourth-order valence-electron chi connectivity index (χ4n) is 1.40. The second-order valence-electron chi connectivity index (χ2n) is 4.22. The maximum absolute atomic E-state index is 4.43. The molecule has 0 aliphatic carbocycles. The Morgan fingerprint density at radius 2 is 2.00 bits per heavy atom. The Morgan fingerprint density at radius 3 is 2.57 bits per heavy atom. The van der Waals surface area contributed by atoms with E-state index in [9.17, 15) is 0 Å². The zero-order valence-corrected chi connectivity index (χ0v) is 9.59. The first-order chi connectivity index (χ1) is 6.59. The number of hydrogen-bond donors (Lipinski definition) is 1. The lowest BCUT2D eigenvalue weighted by molar-refractivity contribution is 0.551. The highest BCUT2D eigenvalue weighted by atomic mass is 14.9. The van der Waals surface area contributed by atoms with E-state index in [2.05, 4.69) is 43.2 Å². The van der Waals surface area contributed by atoms with Gasteiger partial charge < -0.3 is 5.32 Å². The minimum Gasteiger partial charge on any atom is -0.312 e. The van der Waals surface area contributed by atoms with Crippen LogP contribution >= 0.6 is 0 Å². The van der Waals surface area contributed by atoms with Crippen LogP contribution in [0.25, 0.3) is 0 Å². The summed E-state index contributed by atoms with van der Waals surface area (Å²) in [5.74, 6) is 0.703. The lowest BCUT2D eigenvalue weighted by Crippen LogP contribution is -2.19. The number of nitrogens with zero attached hydrogens (tertiary/aromatic N) is 1. The van der Waals surface area contributed by atoms with Crippen molar-refractivity contribution in [2.75, 3.05) is 6.54 Å². The van der Waals surface area contributed by atoms with Crippen LogP contribution in [-0.2, 0) is 6.54 Å². The van der Waals surface area contributed by atoms with Crippen LogP contribution < -0.4 is 5.32 Å². The Morgan fingerprint density at radius 1 is 1.29 bits per heavy atom. The summed E-state index contributed by atoms with van der Waals surface area (Å²) in [6, 6.07) is 4.23. The normalized spacial score (nSPS) is 10.9. The Balaban J connectivity index is 2.51. The van der Waals surface area contributed by atoms with Crippen molar-refractivity contribution < 1.29 is 0 Å². The summed E-state index contributed by atoms with van der Waals surface area (Å²) in [5, 5.41) is 3.42. The second-order valence-corrected chi connectivity index (χ2v) is 4.22. The fraction of sp³-hybridized carbons (Fsp3) is 0.583. The Hall–Kier alpha value is -0.890. The van der Waals surface area contributed by atoms with E-state index in [0.29, 0.717) is 5.92 Å². The molecular weight excluding hydrogens is 172 g/mol. The van der Waals surface area contributed by atoms with Gasteiger partial charge in [-0.25, -0.2) is 0 Å². The highest BCUT2D eigenvalue weighted by Gasteiger charge is 1.99. The summed E-state index contributed by atoms with van der Waals surface area (Å²) >= 11 is 0. The van der Waals surface area contributed by atoms with Gasteiger partial charge in [0.1, 0.15) is 0 Å². The third-order valence-corrected chi connectivity index (χ3v) is 2.20. The van der Waals surface area contributed by atoms with Gasteiger partial charge in [-0.05, 0) is 37.9 Å². The van der Waals surface area contributed by atoms with Crippen molar-refractivity contribution in [2.24, 2.45) is 5.92 Å². The predicted molar refractivity (Wildman–Crippen MR) is 60.3 cm³/mol. The first-order valence-corrected chi connectivity index (χ1v) is 5.23. The van der Waals surface area contributed by atoms with Gasteiger partial charge in [0.2, 0.25) is 0 Å². The van der Waals surface area contributed by atoms with Crippen LogP contribution in [0.5, 0.6) is 0 Å². The summed E-state index contributed by atoms with van der Waals surface area (Å²) in [5.41, 5.74) is 3.53. The SMILES string of the molecule is Cc1ccc(CNCC(C)C)c(C)n1. The van der Waals surface area contributed by atoms with Crippen LogP contribution in [0, 0.1) is 19.8 Å². The van der Waals surface area contributed by atoms with Gasteiger partial charge in [0, 0.05) is 17.9 Å². The molecule has 14 heavy (non-hydrogen) atoms. The zero-order chi connectivity index (χ0) is 10.6. The van der Waals surface area contributed by atoms with Gasteiger partial charge in [0.15, 0.2) is 0 Å². The van der Waals surface area contributed by atoms with Crippen LogP contribution in [0.3, 0.4) is 0 Å². The van der Waals surface area contributed by atoms with Crippen molar-refractivity contribution in [2.45, 2.75) is 34.2 Å². The van der Waals surface area contributed by atoms with E-state index in [4.69, 9.17) is 0 Å². The van der Waals surface area contributed by atoms with E-state index in [1.807, 2.05) is 6.92 Å². The monoisotopic (exact) mass is 192 g/mol.